The summed E-state index contributed by atoms with van der Waals surface area (Å²) in [5, 5.41) is 0. The molecule has 2 unspecified atom stereocenters. The number of hydrogen-bond acceptors (Lipinski definition) is 1. The van der Waals surface area contributed by atoms with E-state index in [1.165, 1.54) is 70.0 Å². The fourth-order valence-electron chi connectivity index (χ4n) is 3.42. The smallest absolute Gasteiger partial charge is 0.0185 e. The van der Waals surface area contributed by atoms with Crippen LogP contribution >= 0.6 is 11.8 Å². The van der Waals surface area contributed by atoms with Gasteiger partial charge in [-0.05, 0) is 37.4 Å². The molecule has 0 heterocycles. The van der Waals surface area contributed by atoms with E-state index in [0.717, 1.165) is 5.92 Å². The summed E-state index contributed by atoms with van der Waals surface area (Å²) in [5.41, 5.74) is 0. The summed E-state index contributed by atoms with van der Waals surface area (Å²) in [4.78, 5) is 0. The van der Waals surface area contributed by atoms with Gasteiger partial charge in [0.2, 0.25) is 0 Å². The molecule has 1 heteroatoms. The van der Waals surface area contributed by atoms with Gasteiger partial charge in [0, 0.05) is 4.75 Å². The Morgan fingerprint density at radius 3 is 2.53 bits per heavy atom. The van der Waals surface area contributed by atoms with Gasteiger partial charge in [-0.2, -0.15) is 11.8 Å². The van der Waals surface area contributed by atoms with Crippen LogP contribution in [-0.4, -0.2) is 10.5 Å². The first-order chi connectivity index (χ1) is 8.29. The van der Waals surface area contributed by atoms with E-state index in [4.69, 9.17) is 0 Å². The number of hydrogen-bond donors (Lipinski definition) is 0. The molecule has 0 nitrogen and oxygen atoms in total. The standard InChI is InChI=1S/C16H32S/c1-4-7-8-11-14-17-16(6-3)13-10-9-12-15(16)5-2/h15H,4-14H2,1-3H3. The molecule has 0 saturated heterocycles. The molecule has 0 amide bonds. The Morgan fingerprint density at radius 2 is 1.88 bits per heavy atom. The highest BCUT2D eigenvalue weighted by atomic mass is 32.2. The van der Waals surface area contributed by atoms with Crippen molar-refractivity contribution in [3.8, 4) is 0 Å². The molecular weight excluding hydrogens is 224 g/mol. The zero-order valence-corrected chi connectivity index (χ0v) is 13.1. The van der Waals surface area contributed by atoms with Gasteiger partial charge in [-0.1, -0.05) is 59.3 Å². The van der Waals surface area contributed by atoms with Crippen LogP contribution in [0.4, 0.5) is 0 Å². The van der Waals surface area contributed by atoms with Gasteiger partial charge < -0.3 is 0 Å². The first kappa shape index (κ1) is 15.4. The van der Waals surface area contributed by atoms with Crippen LogP contribution in [0.2, 0.25) is 0 Å². The maximum absolute atomic E-state index is 2.42. The fraction of sp³-hybridized carbons (Fsp3) is 1.00. The van der Waals surface area contributed by atoms with Crippen LogP contribution in [0.3, 0.4) is 0 Å². The number of thioether (sulfide) groups is 1. The molecule has 1 aliphatic carbocycles. The second-order valence-corrected chi connectivity index (χ2v) is 7.19. The molecule has 2 atom stereocenters. The lowest BCUT2D eigenvalue weighted by atomic mass is 9.75. The third-order valence-corrected chi connectivity index (χ3v) is 6.52. The predicted molar refractivity (Wildman–Crippen MR) is 81.9 cm³/mol. The lowest BCUT2D eigenvalue weighted by Crippen LogP contribution is -2.37. The minimum absolute atomic E-state index is 0.652. The van der Waals surface area contributed by atoms with Crippen molar-refractivity contribution in [1.82, 2.24) is 0 Å². The van der Waals surface area contributed by atoms with Crippen LogP contribution in [0.5, 0.6) is 0 Å². The van der Waals surface area contributed by atoms with Crippen molar-refractivity contribution in [3.63, 3.8) is 0 Å². The van der Waals surface area contributed by atoms with E-state index in [0.29, 0.717) is 4.75 Å². The van der Waals surface area contributed by atoms with E-state index in [1.54, 1.807) is 0 Å². The third-order valence-electron chi connectivity index (χ3n) is 4.63. The predicted octanol–water partition coefficient (Wildman–Crippen LogP) is 6.05. The van der Waals surface area contributed by atoms with Crippen LogP contribution in [0, 0.1) is 5.92 Å². The molecule has 0 aromatic heterocycles. The highest BCUT2D eigenvalue weighted by Crippen LogP contribution is 2.48. The molecule has 1 saturated carbocycles. The van der Waals surface area contributed by atoms with Crippen molar-refractivity contribution >= 4 is 11.8 Å². The minimum atomic E-state index is 0.652. The summed E-state index contributed by atoms with van der Waals surface area (Å²) in [6, 6.07) is 0. The Balaban J connectivity index is 2.37. The molecular formula is C16H32S. The highest BCUT2D eigenvalue weighted by Gasteiger charge is 2.38. The van der Waals surface area contributed by atoms with Gasteiger partial charge in [0.1, 0.15) is 0 Å². The van der Waals surface area contributed by atoms with E-state index < -0.39 is 0 Å². The Labute approximate surface area is 113 Å². The molecule has 1 aliphatic rings. The maximum atomic E-state index is 2.42. The number of unbranched alkanes of at least 4 members (excludes halogenated alkanes) is 3. The topological polar surface area (TPSA) is 0 Å². The Morgan fingerprint density at radius 1 is 1.06 bits per heavy atom. The fourth-order valence-corrected chi connectivity index (χ4v) is 5.19. The van der Waals surface area contributed by atoms with Gasteiger partial charge in [-0.3, -0.25) is 0 Å². The Kier molecular flexibility index (Phi) is 7.66. The third kappa shape index (κ3) is 4.50. The van der Waals surface area contributed by atoms with E-state index in [-0.39, 0.29) is 0 Å². The van der Waals surface area contributed by atoms with E-state index in [1.807, 2.05) is 0 Å². The molecule has 0 aromatic rings. The van der Waals surface area contributed by atoms with Gasteiger partial charge in [0.25, 0.3) is 0 Å². The zero-order valence-electron chi connectivity index (χ0n) is 12.3. The summed E-state index contributed by atoms with van der Waals surface area (Å²) in [5.74, 6) is 2.40. The van der Waals surface area contributed by atoms with E-state index in [9.17, 15) is 0 Å². The summed E-state index contributed by atoms with van der Waals surface area (Å²) in [6.45, 7) is 7.12. The molecule has 0 aliphatic heterocycles. The molecule has 102 valence electrons. The lowest BCUT2D eigenvalue weighted by Gasteiger charge is -2.43. The Hall–Kier alpha value is 0.350. The first-order valence-electron chi connectivity index (χ1n) is 7.93. The highest BCUT2D eigenvalue weighted by molar-refractivity contribution is 8.00. The lowest BCUT2D eigenvalue weighted by molar-refractivity contribution is 0.259. The molecule has 0 aromatic carbocycles. The molecule has 0 N–H and O–H groups in total. The summed E-state index contributed by atoms with van der Waals surface area (Å²) in [7, 11) is 0. The van der Waals surface area contributed by atoms with Gasteiger partial charge >= 0.3 is 0 Å². The summed E-state index contributed by atoms with van der Waals surface area (Å²) in [6.07, 6.45) is 14.4. The van der Waals surface area contributed by atoms with Gasteiger partial charge in [-0.25, -0.2) is 0 Å². The molecule has 0 spiro atoms. The molecule has 0 radical (unpaired) electrons. The van der Waals surface area contributed by atoms with Crippen molar-refractivity contribution < 1.29 is 0 Å². The Bertz CT molecular complexity index is 190. The first-order valence-corrected chi connectivity index (χ1v) is 8.91. The monoisotopic (exact) mass is 256 g/mol. The maximum Gasteiger partial charge on any atom is 0.0185 e. The molecule has 1 rings (SSSR count). The van der Waals surface area contributed by atoms with E-state index in [2.05, 4.69) is 32.5 Å². The van der Waals surface area contributed by atoms with Crippen LogP contribution in [0.25, 0.3) is 0 Å². The second kappa shape index (κ2) is 8.45. The van der Waals surface area contributed by atoms with Crippen molar-refractivity contribution in [2.75, 3.05) is 5.75 Å². The van der Waals surface area contributed by atoms with Crippen LogP contribution < -0.4 is 0 Å². The van der Waals surface area contributed by atoms with Crippen molar-refractivity contribution in [2.24, 2.45) is 5.92 Å². The van der Waals surface area contributed by atoms with E-state index >= 15 is 0 Å². The summed E-state index contributed by atoms with van der Waals surface area (Å²) >= 11 is 2.33. The normalized spacial score (nSPS) is 29.5. The average molecular weight is 256 g/mol. The zero-order chi connectivity index (χ0) is 12.6. The molecule has 1 fully saturated rings. The van der Waals surface area contributed by atoms with Crippen LogP contribution in [0.15, 0.2) is 0 Å². The van der Waals surface area contributed by atoms with Crippen molar-refractivity contribution in [3.05, 3.63) is 0 Å². The number of rotatable bonds is 8. The van der Waals surface area contributed by atoms with Gasteiger partial charge in [0.15, 0.2) is 0 Å². The van der Waals surface area contributed by atoms with Crippen LogP contribution in [-0.2, 0) is 0 Å². The largest absolute Gasteiger partial charge is 0.155 e. The molecule has 0 bridgehead atoms. The summed E-state index contributed by atoms with van der Waals surface area (Å²) < 4.78 is 0.652. The van der Waals surface area contributed by atoms with Gasteiger partial charge in [-0.15, -0.1) is 0 Å². The van der Waals surface area contributed by atoms with Gasteiger partial charge in [0.05, 0.1) is 0 Å². The van der Waals surface area contributed by atoms with Crippen LogP contribution in [0.1, 0.15) is 85.0 Å². The van der Waals surface area contributed by atoms with Crippen molar-refractivity contribution in [1.29, 1.82) is 0 Å². The SMILES string of the molecule is CCCCCCSC1(CC)CCCCC1CC. The molecule has 17 heavy (non-hydrogen) atoms. The average Bonchev–Trinajstić information content (AvgIpc) is 2.39. The second-order valence-electron chi connectivity index (χ2n) is 5.68. The quantitative estimate of drug-likeness (QED) is 0.476. The minimum Gasteiger partial charge on any atom is -0.155 e. The van der Waals surface area contributed by atoms with Crippen molar-refractivity contribution in [2.45, 2.75) is 89.7 Å².